The van der Waals surface area contributed by atoms with Gasteiger partial charge in [0.2, 0.25) is 0 Å². The molecule has 0 aliphatic rings. The van der Waals surface area contributed by atoms with Crippen LogP contribution in [0.4, 0.5) is 0 Å². The van der Waals surface area contributed by atoms with Crippen molar-refractivity contribution in [2.75, 3.05) is 13.2 Å². The predicted molar refractivity (Wildman–Crippen MR) is 334 cm³/mol. The van der Waals surface area contributed by atoms with Crippen LogP contribution in [0.5, 0.6) is 0 Å². The minimum absolute atomic E-state index is 0.0613. The van der Waals surface area contributed by atoms with Gasteiger partial charge < -0.3 is 14.6 Å². The molecule has 0 rings (SSSR count). The molecule has 1 atom stereocenters. The van der Waals surface area contributed by atoms with Crippen molar-refractivity contribution in [3.63, 3.8) is 0 Å². The van der Waals surface area contributed by atoms with Crippen molar-refractivity contribution in [2.24, 2.45) is 0 Å². The third-order valence-electron chi connectivity index (χ3n) is 15.9. The lowest BCUT2D eigenvalue weighted by molar-refractivity contribution is -0.161. The normalized spacial score (nSPS) is 12.3. The van der Waals surface area contributed by atoms with E-state index < -0.39 is 6.10 Å². The van der Waals surface area contributed by atoms with E-state index in [0.29, 0.717) is 12.8 Å². The van der Waals surface area contributed by atoms with E-state index in [9.17, 15) is 14.7 Å². The summed E-state index contributed by atoms with van der Waals surface area (Å²) in [5.74, 6) is -0.572. The van der Waals surface area contributed by atoms with E-state index in [-0.39, 0.29) is 25.2 Å². The Labute approximate surface area is 476 Å². The van der Waals surface area contributed by atoms with Crippen LogP contribution in [0.25, 0.3) is 0 Å². The number of allylic oxidation sites excluding steroid dienone is 6. The van der Waals surface area contributed by atoms with Crippen molar-refractivity contribution in [2.45, 2.75) is 392 Å². The Morgan fingerprint density at radius 3 is 0.789 bits per heavy atom. The average molecular weight is 1070 g/mol. The maximum absolute atomic E-state index is 12.3. The smallest absolute Gasteiger partial charge is 0.306 e. The molecule has 0 spiro atoms. The van der Waals surface area contributed by atoms with Crippen molar-refractivity contribution in [1.29, 1.82) is 0 Å². The zero-order chi connectivity index (χ0) is 54.8. The predicted octanol–water partition coefficient (Wildman–Crippen LogP) is 23.8. The molecule has 0 saturated heterocycles. The van der Waals surface area contributed by atoms with Gasteiger partial charge in [-0.15, -0.1) is 0 Å². The number of carbonyl (C=O) groups is 2. The van der Waals surface area contributed by atoms with E-state index in [1.54, 1.807) is 0 Å². The fourth-order valence-corrected chi connectivity index (χ4v) is 10.7. The molecule has 0 fully saturated rings. The van der Waals surface area contributed by atoms with Gasteiger partial charge in [-0.2, -0.15) is 0 Å². The molecule has 1 N–H and O–H groups in total. The number of rotatable bonds is 65. The van der Waals surface area contributed by atoms with Gasteiger partial charge in [0.05, 0.1) is 6.61 Å². The lowest BCUT2D eigenvalue weighted by atomic mass is 10.0. The Balaban J connectivity index is 3.37. The molecule has 0 aromatic rings. The maximum atomic E-state index is 12.3. The van der Waals surface area contributed by atoms with Crippen LogP contribution in [0.2, 0.25) is 0 Å². The number of carbonyl (C=O) groups excluding carboxylic acids is 2. The monoisotopic (exact) mass is 1070 g/mol. The Bertz CT molecular complexity index is 1210. The van der Waals surface area contributed by atoms with Crippen LogP contribution in [0.15, 0.2) is 36.5 Å². The molecule has 0 aromatic carbocycles. The molecule has 0 aliphatic heterocycles. The van der Waals surface area contributed by atoms with Crippen molar-refractivity contribution in [3.05, 3.63) is 36.5 Å². The standard InChI is InChI=1S/C71H134O5/c1-3-5-7-9-11-13-15-17-19-21-23-25-27-28-29-30-31-32-33-34-35-36-37-38-39-40-41-42-44-45-47-49-51-53-55-57-59-61-63-65-70(73)75-68-69(67-72)76-71(74)66-64-62-60-58-56-54-52-50-48-46-43-26-24-22-20-18-16-14-12-10-8-6-4-2/h16,18,21-24,69,72H,3-15,17,19-20,25-68H2,1-2H3/b18-16-,23-21-,24-22-. The average Bonchev–Trinajstić information content (AvgIpc) is 3.42. The van der Waals surface area contributed by atoms with Gasteiger partial charge in [0.25, 0.3) is 0 Å². The summed E-state index contributed by atoms with van der Waals surface area (Å²) in [5, 5.41) is 9.69. The zero-order valence-corrected chi connectivity index (χ0v) is 51.5. The van der Waals surface area contributed by atoms with Gasteiger partial charge in [-0.25, -0.2) is 0 Å². The van der Waals surface area contributed by atoms with Crippen LogP contribution in [0.1, 0.15) is 386 Å². The molecule has 0 radical (unpaired) electrons. The molecule has 5 heteroatoms. The van der Waals surface area contributed by atoms with Gasteiger partial charge in [-0.1, -0.05) is 339 Å². The Kier molecular flexibility index (Phi) is 65.7. The molecular formula is C71H134O5. The van der Waals surface area contributed by atoms with Crippen LogP contribution in [0, 0.1) is 0 Å². The van der Waals surface area contributed by atoms with Crippen molar-refractivity contribution in [1.82, 2.24) is 0 Å². The van der Waals surface area contributed by atoms with Crippen molar-refractivity contribution < 1.29 is 24.2 Å². The van der Waals surface area contributed by atoms with Gasteiger partial charge in [-0.05, 0) is 70.6 Å². The molecule has 0 saturated carbocycles. The molecule has 0 bridgehead atoms. The summed E-state index contributed by atoms with van der Waals surface area (Å²) in [7, 11) is 0. The SMILES string of the molecule is CCCCCCC/C=C\C/C=C\CCCCCCCCCCCCCC(=O)OC(CO)COC(=O)CCCCCCCCCCCCCCCCCCCCCCCCCCCCC/C=C\CCCCCCCCCC. The largest absolute Gasteiger partial charge is 0.462 e. The fraction of sp³-hybridized carbons (Fsp3) is 0.887. The number of hydrogen-bond donors (Lipinski definition) is 1. The first kappa shape index (κ1) is 74.1. The molecule has 0 heterocycles. The van der Waals surface area contributed by atoms with E-state index >= 15 is 0 Å². The number of aliphatic hydroxyl groups is 1. The minimum atomic E-state index is -0.772. The van der Waals surface area contributed by atoms with Crippen LogP contribution >= 0.6 is 0 Å². The number of hydrogen-bond acceptors (Lipinski definition) is 5. The second-order valence-corrected chi connectivity index (χ2v) is 23.6. The summed E-state index contributed by atoms with van der Waals surface area (Å²) in [5.41, 5.74) is 0. The molecule has 5 nitrogen and oxygen atoms in total. The third-order valence-corrected chi connectivity index (χ3v) is 15.9. The third kappa shape index (κ3) is 64.6. The first-order chi connectivity index (χ1) is 37.6. The van der Waals surface area contributed by atoms with E-state index in [1.165, 1.54) is 321 Å². The van der Waals surface area contributed by atoms with E-state index in [4.69, 9.17) is 9.47 Å². The number of aliphatic hydroxyl groups excluding tert-OH is 1. The van der Waals surface area contributed by atoms with E-state index in [2.05, 4.69) is 50.3 Å². The van der Waals surface area contributed by atoms with Crippen LogP contribution in [-0.2, 0) is 19.1 Å². The van der Waals surface area contributed by atoms with Crippen LogP contribution in [0.3, 0.4) is 0 Å². The molecule has 1 unspecified atom stereocenters. The second kappa shape index (κ2) is 67.4. The summed E-state index contributed by atoms with van der Waals surface area (Å²) in [4.78, 5) is 24.6. The lowest BCUT2D eigenvalue weighted by Crippen LogP contribution is -2.28. The van der Waals surface area contributed by atoms with Gasteiger partial charge >= 0.3 is 11.9 Å². The molecule has 0 aliphatic carbocycles. The van der Waals surface area contributed by atoms with E-state index in [1.807, 2.05) is 0 Å². The molecular weight excluding hydrogens is 933 g/mol. The van der Waals surface area contributed by atoms with Crippen LogP contribution < -0.4 is 0 Å². The van der Waals surface area contributed by atoms with E-state index in [0.717, 1.165) is 38.5 Å². The van der Waals surface area contributed by atoms with Gasteiger partial charge in [-0.3, -0.25) is 9.59 Å². The Hall–Kier alpha value is -1.88. The highest BCUT2D eigenvalue weighted by Crippen LogP contribution is 2.19. The summed E-state index contributed by atoms with van der Waals surface area (Å²) < 4.78 is 10.8. The Morgan fingerprint density at radius 1 is 0.303 bits per heavy atom. The lowest BCUT2D eigenvalue weighted by Gasteiger charge is -2.15. The highest BCUT2D eigenvalue weighted by Gasteiger charge is 2.16. The molecule has 0 aromatic heterocycles. The van der Waals surface area contributed by atoms with Crippen LogP contribution in [-0.4, -0.2) is 36.4 Å². The van der Waals surface area contributed by atoms with Crippen molar-refractivity contribution >= 4 is 11.9 Å². The second-order valence-electron chi connectivity index (χ2n) is 23.6. The molecule has 0 amide bonds. The zero-order valence-electron chi connectivity index (χ0n) is 51.5. The van der Waals surface area contributed by atoms with Crippen molar-refractivity contribution in [3.8, 4) is 0 Å². The first-order valence-corrected chi connectivity index (χ1v) is 34.5. The summed E-state index contributed by atoms with van der Waals surface area (Å²) in [6.07, 6.45) is 89.0. The number of esters is 2. The molecule has 76 heavy (non-hydrogen) atoms. The summed E-state index contributed by atoms with van der Waals surface area (Å²) in [6.45, 7) is 4.18. The van der Waals surface area contributed by atoms with Gasteiger partial charge in [0.1, 0.15) is 6.61 Å². The van der Waals surface area contributed by atoms with Gasteiger partial charge in [0.15, 0.2) is 6.10 Å². The first-order valence-electron chi connectivity index (χ1n) is 34.5. The topological polar surface area (TPSA) is 72.8 Å². The quantitative estimate of drug-likeness (QED) is 0.0373. The number of ether oxygens (including phenoxy) is 2. The Morgan fingerprint density at radius 2 is 0.526 bits per heavy atom. The summed E-state index contributed by atoms with van der Waals surface area (Å²) >= 11 is 0. The maximum Gasteiger partial charge on any atom is 0.306 e. The fourth-order valence-electron chi connectivity index (χ4n) is 10.7. The highest BCUT2D eigenvalue weighted by molar-refractivity contribution is 5.70. The minimum Gasteiger partial charge on any atom is -0.462 e. The summed E-state index contributed by atoms with van der Waals surface area (Å²) in [6, 6.07) is 0. The van der Waals surface area contributed by atoms with Gasteiger partial charge in [0, 0.05) is 12.8 Å². The molecule has 448 valence electrons. The highest BCUT2D eigenvalue weighted by atomic mass is 16.6. The number of unbranched alkanes of at least 4 members (excludes halogenated alkanes) is 51.